The molecule has 3 aromatic heterocycles. The summed E-state index contributed by atoms with van der Waals surface area (Å²) in [6.45, 7) is 0.442. The summed E-state index contributed by atoms with van der Waals surface area (Å²) in [6.07, 6.45) is 0. The minimum Gasteiger partial charge on any atom is -0.423 e. The molecule has 12 heteroatoms. The number of fused-ring (bicyclic) bond motifs is 17. The Balaban J connectivity index is 0.000000138. The highest BCUT2D eigenvalue weighted by molar-refractivity contribution is 9.15. The number of allylic oxidation sites excluding steroid dienone is 4. The van der Waals surface area contributed by atoms with Gasteiger partial charge in [-0.3, -0.25) is 0 Å². The zero-order valence-corrected chi connectivity index (χ0v) is 65.0. The zero-order chi connectivity index (χ0) is 73.6. The molecule has 0 unspecified atom stereocenters. The van der Waals surface area contributed by atoms with Crippen LogP contribution in [0.3, 0.4) is 0 Å². The van der Waals surface area contributed by atoms with Crippen LogP contribution in [0.15, 0.2) is 408 Å². The van der Waals surface area contributed by atoms with E-state index in [2.05, 4.69) is 378 Å². The van der Waals surface area contributed by atoms with Crippen LogP contribution < -0.4 is 59.0 Å². The van der Waals surface area contributed by atoms with Crippen LogP contribution in [0.25, 0.3) is 93.6 Å². The Morgan fingerprint density at radius 1 is 0.261 bits per heavy atom. The van der Waals surface area contributed by atoms with Gasteiger partial charge in [0, 0.05) is 58.3 Å². The first-order valence-electron chi connectivity index (χ1n) is 37.6. The van der Waals surface area contributed by atoms with Crippen LogP contribution in [0.1, 0.15) is 18.6 Å². The molecule has 111 heavy (non-hydrogen) atoms. The van der Waals surface area contributed by atoms with E-state index in [4.69, 9.17) is 0 Å². The molecule has 15 aromatic carbocycles. The highest BCUT2D eigenvalue weighted by Gasteiger charge is 2.50. The Morgan fingerprint density at radius 3 is 0.883 bits per heavy atom. The number of aromatic nitrogens is 3. The molecule has 5 nitrogen and oxygen atoms in total. The molecule has 18 aromatic rings. The van der Waals surface area contributed by atoms with Gasteiger partial charge in [0.2, 0.25) is 13.4 Å². The molecule has 4 aliphatic rings. The van der Waals surface area contributed by atoms with Crippen LogP contribution >= 0.6 is 31.9 Å². The fourth-order valence-corrected chi connectivity index (χ4v) is 30.5. The second-order valence-electron chi connectivity index (χ2n) is 29.0. The third kappa shape index (κ3) is 11.3. The summed E-state index contributed by atoms with van der Waals surface area (Å²) < 4.78 is 9.39. The van der Waals surface area contributed by atoms with Gasteiger partial charge in [0.05, 0.1) is 33.1 Å². The Bertz CT molecular complexity index is 6530. The molecule has 0 bridgehead atoms. The van der Waals surface area contributed by atoms with Crippen LogP contribution in [0.5, 0.6) is 0 Å². The van der Waals surface area contributed by atoms with Crippen molar-refractivity contribution in [2.75, 3.05) is 0 Å². The van der Waals surface area contributed by atoms with E-state index in [1.54, 1.807) is 6.07 Å². The maximum absolute atomic E-state index is 9.71. The van der Waals surface area contributed by atoms with Gasteiger partial charge < -0.3 is 23.7 Å². The van der Waals surface area contributed by atoms with Crippen molar-refractivity contribution in [2.24, 2.45) is 0 Å². The molecule has 2 spiro atoms. The van der Waals surface area contributed by atoms with Gasteiger partial charge in [-0.1, -0.05) is 419 Å². The first kappa shape index (κ1) is 69.6. The van der Waals surface area contributed by atoms with Crippen molar-refractivity contribution in [1.29, 1.82) is 0 Å². The summed E-state index contributed by atoms with van der Waals surface area (Å²) in [5.41, 5.74) is 34.8. The third-order valence-electron chi connectivity index (χ3n) is 23.1. The Hall–Kier alpha value is -11.8. The standard InChI is InChI=1S/C58H39BN2Si.C22H15BBr2Si.C18H14BNO2.CH4/c1-4-20-40(21-5-1)59-49-30-12-16-36-55(49)62(56-37-17-13-31-50(56)59)38-47(43-28-18-34-53-57(43)45-26-10-14-32-51(45)60(53)41-22-6-2-7-23-41)48(39-62)44-29-19-35-54-58(44)46-27-11-15-33-52(46)61(54)42-24-8-3-9-25-42;24-19-14-26(15-20(19)25)21-12-6-4-10-17(21)23(16-8-2-1-3-9-16)18-11-5-7-13-22(18)26;21-19(22)15-10-6-12-17-18(15)14-9-4-5-11-16(14)20(17)13-7-2-1-3-8-13;/h1-39H;1-15H;1-12,21-22H;1H4. The van der Waals surface area contributed by atoms with Crippen molar-refractivity contribution in [3.05, 3.63) is 419 Å². The summed E-state index contributed by atoms with van der Waals surface area (Å²) in [4.78, 5) is 0. The number of rotatable bonds is 8. The lowest BCUT2D eigenvalue weighted by molar-refractivity contribution is 0.426. The van der Waals surface area contributed by atoms with Crippen molar-refractivity contribution in [1.82, 2.24) is 13.7 Å². The van der Waals surface area contributed by atoms with Gasteiger partial charge in [0.15, 0.2) is 16.1 Å². The van der Waals surface area contributed by atoms with Gasteiger partial charge >= 0.3 is 7.12 Å². The van der Waals surface area contributed by atoms with Gasteiger partial charge in [-0.2, -0.15) is 0 Å². The minimum absolute atomic E-state index is 0. The largest absolute Gasteiger partial charge is 0.489 e. The summed E-state index contributed by atoms with van der Waals surface area (Å²) in [5, 5.41) is 32.4. The Morgan fingerprint density at radius 2 is 0.532 bits per heavy atom. The molecule has 4 aliphatic heterocycles. The molecule has 22 rings (SSSR count). The van der Waals surface area contributed by atoms with Crippen LogP contribution in [0, 0.1) is 0 Å². The maximum Gasteiger partial charge on any atom is 0.489 e. The number of nitrogens with zero attached hydrogens (tertiary/aromatic N) is 3. The quantitative estimate of drug-likeness (QED) is 0.149. The highest BCUT2D eigenvalue weighted by Crippen LogP contribution is 2.48. The first-order valence-corrected chi connectivity index (χ1v) is 43.5. The minimum atomic E-state index is -2.79. The van der Waals surface area contributed by atoms with Gasteiger partial charge in [-0.25, -0.2) is 0 Å². The zero-order valence-electron chi connectivity index (χ0n) is 59.8. The maximum atomic E-state index is 9.71. The second kappa shape index (κ2) is 28.6. The number of hydrogen-bond acceptors (Lipinski definition) is 2. The highest BCUT2D eigenvalue weighted by atomic mass is 79.9. The molecule has 0 saturated heterocycles. The average molecular weight is 1580 g/mol. The molecular weight excluding hydrogens is 1510 g/mol. The molecule has 0 aliphatic carbocycles. The lowest BCUT2D eigenvalue weighted by atomic mass is 9.36. The first-order chi connectivity index (χ1) is 54.3. The molecule has 0 saturated carbocycles. The van der Waals surface area contributed by atoms with Crippen LogP contribution in [0.2, 0.25) is 0 Å². The molecule has 0 atom stereocenters. The van der Waals surface area contributed by atoms with E-state index in [-0.39, 0.29) is 14.1 Å². The molecule has 526 valence electrons. The number of hydrogen-bond donors (Lipinski definition) is 2. The number of para-hydroxylation sites is 6. The van der Waals surface area contributed by atoms with Crippen LogP contribution in [-0.2, 0) is 0 Å². The van der Waals surface area contributed by atoms with E-state index < -0.39 is 23.3 Å². The fraction of sp³-hybridized carbons (Fsp3) is 0.0101. The fourth-order valence-electron chi connectivity index (χ4n) is 18.8. The third-order valence-corrected chi connectivity index (χ3v) is 34.2. The van der Waals surface area contributed by atoms with Crippen molar-refractivity contribution < 1.29 is 10.0 Å². The Labute approximate surface area is 666 Å². The summed E-state index contributed by atoms with van der Waals surface area (Å²) in [5.74, 6) is 0. The van der Waals surface area contributed by atoms with E-state index in [1.165, 1.54) is 140 Å². The lowest BCUT2D eigenvalue weighted by Gasteiger charge is -2.37. The van der Waals surface area contributed by atoms with Crippen molar-refractivity contribution in [2.45, 2.75) is 7.43 Å². The van der Waals surface area contributed by atoms with Crippen LogP contribution in [0.4, 0.5) is 0 Å². The van der Waals surface area contributed by atoms with Gasteiger partial charge in [0.1, 0.15) is 0 Å². The predicted molar refractivity (Wildman–Crippen MR) is 487 cm³/mol. The molecule has 7 heterocycles. The topological polar surface area (TPSA) is 55.2 Å². The average Bonchev–Trinajstić information content (AvgIpc) is 1.61. The Kier molecular flexibility index (Phi) is 17.9. The smallest absolute Gasteiger partial charge is 0.423 e. The summed E-state index contributed by atoms with van der Waals surface area (Å²) in [6, 6.07) is 136. The SMILES string of the molecule is BrC1=C[Si]2(C=C1Br)c1ccccc1B(c1ccccc1)c1ccccc12.C.C1=C(c2cccc3c2c2ccccc2n3-c2ccccc2)C(c2cccc3c2c2ccccc2n3-c2ccccc2)=C[Si]12c1ccccc1B(c1ccccc1)c1ccccc12.OB(O)c1cccc2c1c1ccccc1n2-c1ccccc1. The van der Waals surface area contributed by atoms with Crippen molar-refractivity contribution >= 4 is 204 Å². The number of benzene rings is 15. The van der Waals surface area contributed by atoms with Crippen molar-refractivity contribution in [3.8, 4) is 17.1 Å². The normalized spacial score (nSPS) is 14.0. The summed E-state index contributed by atoms with van der Waals surface area (Å²) in [7, 11) is -6.36. The van der Waals surface area contributed by atoms with Gasteiger partial charge in [0.25, 0.3) is 0 Å². The lowest BCUT2D eigenvalue weighted by Crippen LogP contribution is -2.77. The van der Waals surface area contributed by atoms with E-state index >= 15 is 0 Å². The van der Waals surface area contributed by atoms with Crippen LogP contribution in [-0.4, -0.2) is 60.4 Å². The van der Waals surface area contributed by atoms with Crippen molar-refractivity contribution in [3.63, 3.8) is 0 Å². The second-order valence-corrected chi connectivity index (χ2v) is 37.4. The molecule has 0 fully saturated rings. The summed E-state index contributed by atoms with van der Waals surface area (Å²) >= 11 is 7.52. The van der Waals surface area contributed by atoms with E-state index in [1.807, 2.05) is 60.7 Å². The van der Waals surface area contributed by atoms with Gasteiger partial charge in [-0.05, 0) is 101 Å². The molecule has 2 N–H and O–H groups in total. The predicted octanol–water partition coefficient (Wildman–Crippen LogP) is 16.4. The van der Waals surface area contributed by atoms with E-state index in [0.717, 1.165) is 27.5 Å². The van der Waals surface area contributed by atoms with E-state index in [9.17, 15) is 10.0 Å². The number of halogens is 2. The van der Waals surface area contributed by atoms with Gasteiger partial charge in [-0.15, -0.1) is 0 Å². The molecule has 0 amide bonds. The molecule has 0 radical (unpaired) electrons. The molecular formula is C99H72B3Br2N3O2Si2. The monoisotopic (exact) mass is 1580 g/mol. The van der Waals surface area contributed by atoms with E-state index in [0.29, 0.717) is 12.2 Å².